The number of hydrogen-bond donors (Lipinski definition) is 2. The van der Waals surface area contributed by atoms with E-state index in [1.807, 2.05) is 5.32 Å². The van der Waals surface area contributed by atoms with Gasteiger partial charge in [-0.25, -0.2) is 0 Å². The van der Waals surface area contributed by atoms with E-state index in [0.29, 0.717) is 11.3 Å². The van der Waals surface area contributed by atoms with E-state index in [2.05, 4.69) is 0 Å². The van der Waals surface area contributed by atoms with Gasteiger partial charge in [-0.3, -0.25) is 14.4 Å². The molecule has 10 heteroatoms. The Morgan fingerprint density at radius 1 is 1.28 bits per heavy atom. The predicted molar refractivity (Wildman–Crippen MR) is 109 cm³/mol. The minimum atomic E-state index is -4.59. The van der Waals surface area contributed by atoms with Crippen molar-refractivity contribution in [2.24, 2.45) is 17.8 Å². The second-order valence-corrected chi connectivity index (χ2v) is 8.72. The number of pyridine rings is 1. The SMILES string of the molecule is C/C=C/c1ccc2n(c1=O)C[C@H]1[C@H](CO)[C@@H](C(=O)NCC(F)(F)F)[C@@H]2N1C(=O)C1CCC1. The van der Waals surface area contributed by atoms with Crippen LogP contribution < -0.4 is 10.9 Å². The van der Waals surface area contributed by atoms with Crippen LogP contribution in [0.3, 0.4) is 0 Å². The minimum absolute atomic E-state index is 0.0861. The Labute approximate surface area is 182 Å². The van der Waals surface area contributed by atoms with E-state index in [-0.39, 0.29) is 23.9 Å². The Morgan fingerprint density at radius 3 is 2.56 bits per heavy atom. The van der Waals surface area contributed by atoms with Gasteiger partial charge in [0, 0.05) is 36.2 Å². The number of carbonyl (C=O) groups is 2. The molecular weight excluding hydrogens is 427 g/mol. The fraction of sp³-hybridized carbons (Fsp3) is 0.591. The smallest absolute Gasteiger partial charge is 0.396 e. The molecule has 2 amide bonds. The van der Waals surface area contributed by atoms with Crippen LogP contribution in [0.2, 0.25) is 0 Å². The predicted octanol–water partition coefficient (Wildman–Crippen LogP) is 1.85. The lowest BCUT2D eigenvalue weighted by Crippen LogP contribution is -2.52. The van der Waals surface area contributed by atoms with Crippen molar-refractivity contribution in [2.75, 3.05) is 13.2 Å². The van der Waals surface area contributed by atoms with Gasteiger partial charge in [0.05, 0.1) is 18.0 Å². The van der Waals surface area contributed by atoms with Crippen LogP contribution in [0.25, 0.3) is 6.08 Å². The summed E-state index contributed by atoms with van der Waals surface area (Å²) < 4.78 is 39.7. The maximum absolute atomic E-state index is 13.3. The molecule has 4 atom stereocenters. The first-order chi connectivity index (χ1) is 15.2. The number of nitrogens with zero attached hydrogens (tertiary/aromatic N) is 2. The molecule has 2 N–H and O–H groups in total. The molecule has 3 heterocycles. The van der Waals surface area contributed by atoms with Gasteiger partial charge in [-0.2, -0.15) is 13.2 Å². The summed E-state index contributed by atoms with van der Waals surface area (Å²) in [5.41, 5.74) is 0.558. The van der Waals surface area contributed by atoms with E-state index < -0.39 is 49.2 Å². The third kappa shape index (κ3) is 3.74. The first-order valence-electron chi connectivity index (χ1n) is 10.8. The summed E-state index contributed by atoms with van der Waals surface area (Å²) in [5, 5.41) is 12.0. The van der Waals surface area contributed by atoms with Gasteiger partial charge in [-0.05, 0) is 31.9 Å². The molecule has 3 aliphatic rings. The van der Waals surface area contributed by atoms with E-state index in [4.69, 9.17) is 0 Å². The molecule has 1 aliphatic carbocycles. The Balaban J connectivity index is 1.79. The third-order valence-corrected chi connectivity index (χ3v) is 6.89. The molecule has 0 unspecified atom stereocenters. The zero-order valence-electron chi connectivity index (χ0n) is 17.6. The maximum atomic E-state index is 13.3. The highest BCUT2D eigenvalue weighted by molar-refractivity contribution is 5.85. The Morgan fingerprint density at radius 2 is 2.00 bits per heavy atom. The zero-order valence-corrected chi connectivity index (χ0v) is 17.6. The van der Waals surface area contributed by atoms with Crippen molar-refractivity contribution in [3.63, 3.8) is 0 Å². The fourth-order valence-corrected chi connectivity index (χ4v) is 5.20. The molecule has 2 bridgehead atoms. The highest BCUT2D eigenvalue weighted by atomic mass is 19.4. The van der Waals surface area contributed by atoms with Crippen LogP contribution in [0, 0.1) is 17.8 Å². The summed E-state index contributed by atoms with van der Waals surface area (Å²) in [5.74, 6) is -3.10. The van der Waals surface area contributed by atoms with Crippen LogP contribution in [0.15, 0.2) is 23.0 Å². The van der Waals surface area contributed by atoms with Gasteiger partial charge in [-0.1, -0.05) is 18.6 Å². The molecule has 2 aliphatic heterocycles. The largest absolute Gasteiger partial charge is 0.405 e. The molecule has 174 valence electrons. The number of carbonyl (C=O) groups excluding carboxylic acids is 2. The number of hydrogen-bond acceptors (Lipinski definition) is 4. The first-order valence-corrected chi connectivity index (χ1v) is 10.8. The van der Waals surface area contributed by atoms with Gasteiger partial charge in [0.25, 0.3) is 5.56 Å². The monoisotopic (exact) mass is 453 g/mol. The number of nitrogens with one attached hydrogen (secondary N) is 1. The topological polar surface area (TPSA) is 91.6 Å². The molecule has 1 saturated carbocycles. The Bertz CT molecular complexity index is 999. The molecule has 1 aromatic heterocycles. The van der Waals surface area contributed by atoms with Gasteiger partial charge in [0.1, 0.15) is 6.54 Å². The summed E-state index contributed by atoms with van der Waals surface area (Å²) in [6, 6.07) is 1.70. The summed E-state index contributed by atoms with van der Waals surface area (Å²) in [7, 11) is 0. The number of aliphatic hydroxyl groups is 1. The molecule has 1 aromatic rings. The number of aromatic nitrogens is 1. The van der Waals surface area contributed by atoms with Crippen molar-refractivity contribution in [1.29, 1.82) is 0 Å². The lowest BCUT2D eigenvalue weighted by Gasteiger charge is -2.41. The van der Waals surface area contributed by atoms with Crippen molar-refractivity contribution in [3.05, 3.63) is 39.8 Å². The Kier molecular flexibility index (Phi) is 5.91. The molecule has 0 aromatic carbocycles. The number of aliphatic hydroxyl groups excluding tert-OH is 1. The van der Waals surface area contributed by atoms with Crippen LogP contribution >= 0.6 is 0 Å². The van der Waals surface area contributed by atoms with E-state index in [9.17, 15) is 32.7 Å². The van der Waals surface area contributed by atoms with Crippen molar-refractivity contribution in [3.8, 4) is 0 Å². The molecular formula is C22H26F3N3O4. The quantitative estimate of drug-likeness (QED) is 0.712. The highest BCUT2D eigenvalue weighted by Gasteiger charge is 2.58. The fourth-order valence-electron chi connectivity index (χ4n) is 5.20. The average molecular weight is 453 g/mol. The third-order valence-electron chi connectivity index (χ3n) is 6.89. The summed E-state index contributed by atoms with van der Waals surface area (Å²) >= 11 is 0. The normalized spacial score (nSPS) is 27.3. The molecule has 0 spiro atoms. The van der Waals surface area contributed by atoms with Gasteiger partial charge < -0.3 is 19.9 Å². The lowest BCUT2D eigenvalue weighted by molar-refractivity contribution is -0.145. The number of alkyl halides is 3. The molecule has 4 rings (SSSR count). The van der Waals surface area contributed by atoms with Crippen molar-refractivity contribution < 1.29 is 27.9 Å². The maximum Gasteiger partial charge on any atom is 0.405 e. The van der Waals surface area contributed by atoms with E-state index >= 15 is 0 Å². The second kappa shape index (κ2) is 8.38. The molecule has 2 fully saturated rings. The Hall–Kier alpha value is -2.62. The van der Waals surface area contributed by atoms with E-state index in [1.54, 1.807) is 36.1 Å². The van der Waals surface area contributed by atoms with Gasteiger partial charge >= 0.3 is 6.18 Å². The second-order valence-electron chi connectivity index (χ2n) is 8.72. The van der Waals surface area contributed by atoms with Gasteiger partial charge in [-0.15, -0.1) is 0 Å². The summed E-state index contributed by atoms with van der Waals surface area (Å²) in [6.07, 6.45) is 1.14. The van der Waals surface area contributed by atoms with Gasteiger partial charge in [0.2, 0.25) is 11.8 Å². The zero-order chi connectivity index (χ0) is 23.2. The molecule has 1 saturated heterocycles. The minimum Gasteiger partial charge on any atom is -0.396 e. The highest BCUT2D eigenvalue weighted by Crippen LogP contribution is 2.50. The van der Waals surface area contributed by atoms with Crippen LogP contribution in [0.1, 0.15) is 43.5 Å². The van der Waals surface area contributed by atoms with E-state index in [1.165, 1.54) is 4.57 Å². The van der Waals surface area contributed by atoms with Crippen molar-refractivity contribution in [1.82, 2.24) is 14.8 Å². The molecule has 0 radical (unpaired) electrons. The lowest BCUT2D eigenvalue weighted by atomic mass is 9.83. The summed E-state index contributed by atoms with van der Waals surface area (Å²) in [4.78, 5) is 40.8. The number of allylic oxidation sites excluding steroid dienone is 1. The van der Waals surface area contributed by atoms with Crippen molar-refractivity contribution >= 4 is 17.9 Å². The first kappa shape index (κ1) is 22.6. The number of halogens is 3. The van der Waals surface area contributed by atoms with Crippen LogP contribution in [0.5, 0.6) is 0 Å². The molecule has 32 heavy (non-hydrogen) atoms. The average Bonchev–Trinajstić information content (AvgIpc) is 2.93. The number of amides is 2. The number of rotatable bonds is 5. The number of fused-ring (bicyclic) bond motifs is 4. The van der Waals surface area contributed by atoms with Gasteiger partial charge in [0.15, 0.2) is 0 Å². The van der Waals surface area contributed by atoms with Crippen LogP contribution in [-0.4, -0.2) is 51.8 Å². The van der Waals surface area contributed by atoms with Crippen LogP contribution in [-0.2, 0) is 16.1 Å². The summed E-state index contributed by atoms with van der Waals surface area (Å²) in [6.45, 7) is -0.121. The van der Waals surface area contributed by atoms with Crippen molar-refractivity contribution in [2.45, 2.75) is 51.0 Å². The standard InChI is InChI=1S/C22H26F3N3O4/c1-2-4-12-7-8-15-18-17(19(30)26-11-22(23,24)25)14(10-29)16(9-27(15)20(12)31)28(18)21(32)13-5-3-6-13/h2,4,7-8,13-14,16-18,29H,3,5-6,9-11H2,1H3,(H,26,30)/b4-2+/t14-,16-,17+,18+/m0/s1. The van der Waals surface area contributed by atoms with Crippen LogP contribution in [0.4, 0.5) is 13.2 Å². The molecule has 7 nitrogen and oxygen atoms in total. The van der Waals surface area contributed by atoms with E-state index in [0.717, 1.165) is 19.3 Å².